The lowest BCUT2D eigenvalue weighted by atomic mass is 9.96. The van der Waals surface area contributed by atoms with Crippen LogP contribution >= 0.6 is 0 Å². The molecule has 2 heterocycles. The van der Waals surface area contributed by atoms with Gasteiger partial charge in [-0.15, -0.1) is 0 Å². The SMILES string of the molecule is Cn1c(=O)c2[nH]c(C3c4ccccc4-c4ccccc43)nc2n(C)c1=O. The molecule has 2 aromatic heterocycles. The number of imidazole rings is 1. The van der Waals surface area contributed by atoms with Crippen molar-refractivity contribution in [1.82, 2.24) is 19.1 Å². The number of aryl methyl sites for hydroxylation is 1. The summed E-state index contributed by atoms with van der Waals surface area (Å²) in [7, 11) is 3.11. The first-order valence-electron chi connectivity index (χ1n) is 8.42. The van der Waals surface area contributed by atoms with Crippen LogP contribution in [0.3, 0.4) is 0 Å². The maximum absolute atomic E-state index is 12.5. The number of aromatic amines is 1. The first-order valence-corrected chi connectivity index (χ1v) is 8.42. The molecule has 0 saturated carbocycles. The van der Waals surface area contributed by atoms with Crippen LogP contribution < -0.4 is 11.2 Å². The van der Waals surface area contributed by atoms with Crippen LogP contribution in [0.2, 0.25) is 0 Å². The van der Waals surface area contributed by atoms with Crippen molar-refractivity contribution in [3.8, 4) is 11.1 Å². The van der Waals surface area contributed by atoms with Crippen LogP contribution in [-0.4, -0.2) is 19.1 Å². The number of aromatic nitrogens is 4. The second-order valence-electron chi connectivity index (χ2n) is 6.63. The molecule has 0 spiro atoms. The van der Waals surface area contributed by atoms with Gasteiger partial charge in [0.05, 0.1) is 5.92 Å². The van der Waals surface area contributed by atoms with Gasteiger partial charge in [-0.25, -0.2) is 9.78 Å². The Morgan fingerprint density at radius 3 is 2.08 bits per heavy atom. The highest BCUT2D eigenvalue weighted by molar-refractivity contribution is 5.81. The third-order valence-electron chi connectivity index (χ3n) is 5.22. The minimum atomic E-state index is -0.382. The summed E-state index contributed by atoms with van der Waals surface area (Å²) in [5.74, 6) is 0.588. The smallest absolute Gasteiger partial charge is 0.332 e. The fourth-order valence-electron chi connectivity index (χ4n) is 3.93. The standard InChI is InChI=1S/C20H16N4O2/c1-23-18-16(19(25)24(2)20(23)26)21-17(22-18)15-13-9-5-3-7-11(13)12-8-4-6-10-14(12)15/h3-10,15H,1-2H3,(H,21,22). The second kappa shape index (κ2) is 5.05. The number of hydrogen-bond donors (Lipinski definition) is 1. The molecule has 5 rings (SSSR count). The van der Waals surface area contributed by atoms with Gasteiger partial charge in [0.25, 0.3) is 5.56 Å². The van der Waals surface area contributed by atoms with Crippen LogP contribution in [0.4, 0.5) is 0 Å². The lowest BCUT2D eigenvalue weighted by molar-refractivity contribution is 0.708. The van der Waals surface area contributed by atoms with Crippen molar-refractivity contribution in [2.75, 3.05) is 0 Å². The Hall–Kier alpha value is -3.41. The Labute approximate surface area is 148 Å². The van der Waals surface area contributed by atoms with Crippen molar-refractivity contribution < 1.29 is 0 Å². The highest BCUT2D eigenvalue weighted by atomic mass is 16.2. The topological polar surface area (TPSA) is 72.7 Å². The van der Waals surface area contributed by atoms with Crippen LogP contribution in [0.1, 0.15) is 22.9 Å². The number of benzene rings is 2. The van der Waals surface area contributed by atoms with Gasteiger partial charge in [-0.1, -0.05) is 48.5 Å². The van der Waals surface area contributed by atoms with E-state index in [0.717, 1.165) is 15.7 Å². The van der Waals surface area contributed by atoms with Crippen LogP contribution in [-0.2, 0) is 14.1 Å². The molecule has 1 aliphatic carbocycles. The summed E-state index contributed by atoms with van der Waals surface area (Å²) in [4.78, 5) is 32.5. The van der Waals surface area contributed by atoms with Gasteiger partial charge in [0.2, 0.25) is 0 Å². The van der Waals surface area contributed by atoms with Crippen LogP contribution in [0.5, 0.6) is 0 Å². The van der Waals surface area contributed by atoms with E-state index in [0.29, 0.717) is 17.0 Å². The quantitative estimate of drug-likeness (QED) is 0.506. The molecule has 4 aromatic rings. The summed E-state index contributed by atoms with van der Waals surface area (Å²) in [6.07, 6.45) is 0. The summed E-state index contributed by atoms with van der Waals surface area (Å²) in [6.45, 7) is 0. The average Bonchev–Trinajstić information content (AvgIpc) is 3.24. The summed E-state index contributed by atoms with van der Waals surface area (Å²) in [5, 5.41) is 0. The van der Waals surface area contributed by atoms with Crippen molar-refractivity contribution in [2.24, 2.45) is 14.1 Å². The molecule has 0 unspecified atom stereocenters. The van der Waals surface area contributed by atoms with Crippen molar-refractivity contribution in [1.29, 1.82) is 0 Å². The molecule has 1 N–H and O–H groups in total. The monoisotopic (exact) mass is 344 g/mol. The van der Waals surface area contributed by atoms with E-state index in [4.69, 9.17) is 0 Å². The van der Waals surface area contributed by atoms with Crippen LogP contribution in [0, 0.1) is 0 Å². The minimum absolute atomic E-state index is 0.0883. The van der Waals surface area contributed by atoms with Gasteiger partial charge in [0.15, 0.2) is 5.65 Å². The molecular formula is C20H16N4O2. The number of rotatable bonds is 1. The Bertz CT molecular complexity index is 1260. The maximum atomic E-state index is 12.5. The van der Waals surface area contributed by atoms with Gasteiger partial charge < -0.3 is 4.98 Å². The molecule has 6 nitrogen and oxygen atoms in total. The van der Waals surface area contributed by atoms with Crippen LogP contribution in [0.15, 0.2) is 58.1 Å². The highest BCUT2D eigenvalue weighted by Crippen LogP contribution is 2.46. The Balaban J connectivity index is 1.84. The first kappa shape index (κ1) is 14.9. The van der Waals surface area contributed by atoms with E-state index in [1.807, 2.05) is 24.3 Å². The van der Waals surface area contributed by atoms with Gasteiger partial charge in [-0.2, -0.15) is 0 Å². The molecule has 0 fully saturated rings. The van der Waals surface area contributed by atoms with Crippen LogP contribution in [0.25, 0.3) is 22.3 Å². The van der Waals surface area contributed by atoms with Gasteiger partial charge in [0.1, 0.15) is 11.3 Å². The lowest BCUT2D eigenvalue weighted by Crippen LogP contribution is -2.36. The molecule has 0 aliphatic heterocycles. The van der Waals surface area contributed by atoms with E-state index < -0.39 is 0 Å². The zero-order chi connectivity index (χ0) is 18.0. The molecule has 1 aliphatic rings. The predicted molar refractivity (Wildman–Crippen MR) is 99.4 cm³/mol. The zero-order valence-corrected chi connectivity index (χ0v) is 14.4. The molecular weight excluding hydrogens is 328 g/mol. The van der Waals surface area contributed by atoms with Crippen molar-refractivity contribution >= 4 is 11.2 Å². The molecule has 0 radical (unpaired) electrons. The predicted octanol–water partition coefficient (Wildman–Crippen LogP) is 2.12. The molecule has 0 bridgehead atoms. The normalized spacial score (nSPS) is 13.2. The highest BCUT2D eigenvalue weighted by Gasteiger charge is 2.32. The van der Waals surface area contributed by atoms with E-state index >= 15 is 0 Å². The number of hydrogen-bond acceptors (Lipinski definition) is 3. The molecule has 6 heteroatoms. The van der Waals surface area contributed by atoms with E-state index in [-0.39, 0.29) is 17.2 Å². The largest absolute Gasteiger partial charge is 0.335 e. The Morgan fingerprint density at radius 2 is 1.46 bits per heavy atom. The Kier molecular flexibility index (Phi) is 2.89. The lowest BCUT2D eigenvalue weighted by Gasteiger charge is -2.10. The summed E-state index contributed by atoms with van der Waals surface area (Å²) in [6, 6.07) is 16.4. The molecule has 128 valence electrons. The summed E-state index contributed by atoms with van der Waals surface area (Å²) in [5.41, 5.74) is 4.64. The van der Waals surface area contributed by atoms with E-state index in [9.17, 15) is 9.59 Å². The van der Waals surface area contributed by atoms with Crippen molar-refractivity contribution in [2.45, 2.75) is 5.92 Å². The molecule has 0 atom stereocenters. The third-order valence-corrected chi connectivity index (χ3v) is 5.22. The zero-order valence-electron chi connectivity index (χ0n) is 14.4. The van der Waals surface area contributed by atoms with Crippen molar-refractivity contribution in [3.05, 3.63) is 86.3 Å². The fourth-order valence-corrected chi connectivity index (χ4v) is 3.93. The summed E-state index contributed by atoms with van der Waals surface area (Å²) < 4.78 is 2.50. The molecule has 0 amide bonds. The average molecular weight is 344 g/mol. The van der Waals surface area contributed by atoms with Gasteiger partial charge >= 0.3 is 5.69 Å². The second-order valence-corrected chi connectivity index (χ2v) is 6.63. The van der Waals surface area contributed by atoms with Gasteiger partial charge in [-0.05, 0) is 22.3 Å². The number of fused-ring (bicyclic) bond motifs is 4. The van der Waals surface area contributed by atoms with E-state index in [1.54, 1.807) is 7.05 Å². The van der Waals surface area contributed by atoms with E-state index in [1.165, 1.54) is 22.7 Å². The van der Waals surface area contributed by atoms with Crippen molar-refractivity contribution in [3.63, 3.8) is 0 Å². The fraction of sp³-hybridized carbons (Fsp3) is 0.150. The Morgan fingerprint density at radius 1 is 0.885 bits per heavy atom. The molecule has 0 saturated heterocycles. The number of nitrogens with one attached hydrogen (secondary N) is 1. The number of H-pyrrole nitrogens is 1. The molecule has 2 aromatic carbocycles. The van der Waals surface area contributed by atoms with Gasteiger partial charge in [0, 0.05) is 14.1 Å². The van der Waals surface area contributed by atoms with E-state index in [2.05, 4.69) is 34.2 Å². The maximum Gasteiger partial charge on any atom is 0.332 e. The minimum Gasteiger partial charge on any atom is -0.335 e. The summed E-state index contributed by atoms with van der Waals surface area (Å²) >= 11 is 0. The van der Waals surface area contributed by atoms with Gasteiger partial charge in [-0.3, -0.25) is 13.9 Å². The molecule has 26 heavy (non-hydrogen) atoms. The number of nitrogens with zero attached hydrogens (tertiary/aromatic N) is 3. The first-order chi connectivity index (χ1) is 12.6. The third kappa shape index (κ3) is 1.78.